The highest BCUT2D eigenvalue weighted by molar-refractivity contribution is 6.33. The fraction of sp³-hybridized carbons (Fsp3) is 0. The number of carboxylic acids is 1. The lowest BCUT2D eigenvalue weighted by atomic mass is 10.0. The van der Waals surface area contributed by atoms with Gasteiger partial charge in [-0.1, -0.05) is 23.7 Å². The molecule has 0 unspecified atom stereocenters. The van der Waals surface area contributed by atoms with E-state index < -0.39 is 11.9 Å². The topological polar surface area (TPSA) is 93.3 Å². The predicted molar refractivity (Wildman–Crippen MR) is 70.2 cm³/mol. The summed E-state index contributed by atoms with van der Waals surface area (Å²) in [4.78, 5) is 26.1. The fourth-order valence-corrected chi connectivity index (χ4v) is 1.90. The van der Waals surface area contributed by atoms with Crippen molar-refractivity contribution in [3.05, 3.63) is 52.8 Å². The first-order valence-corrected chi connectivity index (χ1v) is 5.66. The summed E-state index contributed by atoms with van der Waals surface area (Å²) < 4.78 is 0. The maximum Gasteiger partial charge on any atom is 0.355 e. The molecular formula is C13H9ClN2O3. The molecule has 96 valence electrons. The zero-order valence-corrected chi connectivity index (χ0v) is 10.4. The van der Waals surface area contributed by atoms with Crippen molar-refractivity contribution in [1.29, 1.82) is 0 Å². The van der Waals surface area contributed by atoms with E-state index in [2.05, 4.69) is 4.98 Å². The second kappa shape index (κ2) is 5.07. The molecule has 1 aromatic carbocycles. The molecule has 0 saturated heterocycles. The number of carboxylic acid groups (broad SMARTS) is 1. The Morgan fingerprint density at radius 1 is 1.26 bits per heavy atom. The second-order valence-corrected chi connectivity index (χ2v) is 4.17. The van der Waals surface area contributed by atoms with E-state index in [-0.39, 0.29) is 16.3 Å². The standard InChI is InChI=1S/C13H9ClN2O3/c14-10-4-3-7(6-9(10)12(15)17)8-2-1-5-16-11(8)13(18)19/h1-6H,(H2,15,17)(H,18,19). The molecular weight excluding hydrogens is 268 g/mol. The van der Waals surface area contributed by atoms with E-state index >= 15 is 0 Å². The summed E-state index contributed by atoms with van der Waals surface area (Å²) in [6.07, 6.45) is 1.39. The average Bonchev–Trinajstić information content (AvgIpc) is 2.39. The Balaban J connectivity index is 2.63. The Labute approximate surface area is 113 Å². The highest BCUT2D eigenvalue weighted by atomic mass is 35.5. The van der Waals surface area contributed by atoms with Crippen LogP contribution in [0.4, 0.5) is 0 Å². The number of rotatable bonds is 3. The lowest BCUT2D eigenvalue weighted by molar-refractivity contribution is 0.0691. The number of hydrogen-bond acceptors (Lipinski definition) is 3. The van der Waals surface area contributed by atoms with Crippen LogP contribution in [0.3, 0.4) is 0 Å². The number of aromatic carboxylic acids is 1. The van der Waals surface area contributed by atoms with Crippen LogP contribution in [-0.4, -0.2) is 22.0 Å². The summed E-state index contributed by atoms with van der Waals surface area (Å²) in [6, 6.07) is 7.77. The maximum absolute atomic E-state index is 11.2. The van der Waals surface area contributed by atoms with Crippen molar-refractivity contribution in [2.24, 2.45) is 5.73 Å². The van der Waals surface area contributed by atoms with E-state index in [1.165, 1.54) is 18.3 Å². The summed E-state index contributed by atoms with van der Waals surface area (Å²) >= 11 is 5.85. The summed E-state index contributed by atoms with van der Waals surface area (Å²) in [7, 11) is 0. The molecule has 0 aliphatic heterocycles. The molecule has 0 aliphatic rings. The Bertz CT molecular complexity index is 671. The minimum atomic E-state index is -1.15. The molecule has 0 spiro atoms. The van der Waals surface area contributed by atoms with Crippen LogP contribution in [0.15, 0.2) is 36.5 Å². The van der Waals surface area contributed by atoms with Crippen molar-refractivity contribution in [1.82, 2.24) is 4.98 Å². The first-order valence-electron chi connectivity index (χ1n) is 5.28. The van der Waals surface area contributed by atoms with Gasteiger partial charge >= 0.3 is 5.97 Å². The molecule has 0 bridgehead atoms. The molecule has 1 amide bonds. The zero-order chi connectivity index (χ0) is 14.0. The molecule has 6 heteroatoms. The van der Waals surface area contributed by atoms with E-state index in [0.29, 0.717) is 11.1 Å². The van der Waals surface area contributed by atoms with Crippen LogP contribution >= 0.6 is 11.6 Å². The molecule has 2 aromatic rings. The number of halogens is 1. The van der Waals surface area contributed by atoms with Crippen molar-refractivity contribution in [2.45, 2.75) is 0 Å². The predicted octanol–water partition coefficient (Wildman–Crippen LogP) is 2.20. The fourth-order valence-electron chi connectivity index (χ4n) is 1.69. The molecule has 0 saturated carbocycles. The van der Waals surface area contributed by atoms with Gasteiger partial charge in [0.25, 0.3) is 0 Å². The number of pyridine rings is 1. The van der Waals surface area contributed by atoms with Gasteiger partial charge in [-0.25, -0.2) is 9.78 Å². The highest BCUT2D eigenvalue weighted by Crippen LogP contribution is 2.26. The smallest absolute Gasteiger partial charge is 0.355 e. The molecule has 19 heavy (non-hydrogen) atoms. The van der Waals surface area contributed by atoms with Gasteiger partial charge in [0.2, 0.25) is 5.91 Å². The Morgan fingerprint density at radius 2 is 2.00 bits per heavy atom. The second-order valence-electron chi connectivity index (χ2n) is 3.76. The van der Waals surface area contributed by atoms with Crippen molar-refractivity contribution in [3.63, 3.8) is 0 Å². The van der Waals surface area contributed by atoms with E-state index in [1.54, 1.807) is 18.2 Å². The quantitative estimate of drug-likeness (QED) is 0.898. The Hall–Kier alpha value is -2.40. The third-order valence-corrected chi connectivity index (χ3v) is 2.88. The minimum Gasteiger partial charge on any atom is -0.476 e. The molecule has 1 heterocycles. The third kappa shape index (κ3) is 2.56. The number of amides is 1. The maximum atomic E-state index is 11.2. The molecule has 0 radical (unpaired) electrons. The number of carbonyl (C=O) groups is 2. The highest BCUT2D eigenvalue weighted by Gasteiger charge is 2.15. The van der Waals surface area contributed by atoms with Crippen LogP contribution in [0.2, 0.25) is 5.02 Å². The molecule has 3 N–H and O–H groups in total. The summed E-state index contributed by atoms with van der Waals surface area (Å²) in [5.74, 6) is -1.82. The summed E-state index contributed by atoms with van der Waals surface area (Å²) in [6.45, 7) is 0. The molecule has 0 fully saturated rings. The molecule has 0 atom stereocenters. The number of hydrogen-bond donors (Lipinski definition) is 2. The lowest BCUT2D eigenvalue weighted by Crippen LogP contribution is -2.12. The van der Waals surface area contributed by atoms with Gasteiger partial charge in [0.1, 0.15) is 0 Å². The van der Waals surface area contributed by atoms with Crippen LogP contribution < -0.4 is 5.73 Å². The summed E-state index contributed by atoms with van der Waals surface area (Å²) in [5, 5.41) is 9.30. The van der Waals surface area contributed by atoms with Gasteiger partial charge in [-0.15, -0.1) is 0 Å². The average molecular weight is 277 g/mol. The normalized spacial score (nSPS) is 10.2. The Kier molecular flexibility index (Phi) is 3.48. The monoisotopic (exact) mass is 276 g/mol. The van der Waals surface area contributed by atoms with Gasteiger partial charge in [0, 0.05) is 11.8 Å². The van der Waals surface area contributed by atoms with E-state index in [4.69, 9.17) is 22.4 Å². The molecule has 0 aliphatic carbocycles. The van der Waals surface area contributed by atoms with E-state index in [0.717, 1.165) is 0 Å². The van der Waals surface area contributed by atoms with Gasteiger partial charge in [-0.2, -0.15) is 0 Å². The number of carbonyl (C=O) groups excluding carboxylic acids is 1. The van der Waals surface area contributed by atoms with Crippen molar-refractivity contribution < 1.29 is 14.7 Å². The van der Waals surface area contributed by atoms with Gasteiger partial charge < -0.3 is 10.8 Å². The first-order chi connectivity index (χ1) is 9.00. The molecule has 1 aromatic heterocycles. The van der Waals surface area contributed by atoms with Gasteiger partial charge in [0.15, 0.2) is 5.69 Å². The Morgan fingerprint density at radius 3 is 2.63 bits per heavy atom. The molecule has 5 nitrogen and oxygen atoms in total. The number of nitrogens with two attached hydrogens (primary N) is 1. The largest absolute Gasteiger partial charge is 0.476 e. The third-order valence-electron chi connectivity index (χ3n) is 2.55. The van der Waals surface area contributed by atoms with Crippen molar-refractivity contribution in [2.75, 3.05) is 0 Å². The SMILES string of the molecule is NC(=O)c1cc(-c2cccnc2C(=O)O)ccc1Cl. The van der Waals surface area contributed by atoms with Crippen LogP contribution in [0, 0.1) is 0 Å². The van der Waals surface area contributed by atoms with Gasteiger partial charge in [-0.05, 0) is 23.8 Å². The first kappa shape index (κ1) is 13.0. The van der Waals surface area contributed by atoms with E-state index in [9.17, 15) is 9.59 Å². The number of primary amides is 1. The molecule has 2 rings (SSSR count). The zero-order valence-electron chi connectivity index (χ0n) is 9.63. The number of aromatic nitrogens is 1. The van der Waals surface area contributed by atoms with Crippen LogP contribution in [0.5, 0.6) is 0 Å². The van der Waals surface area contributed by atoms with Crippen LogP contribution in [0.25, 0.3) is 11.1 Å². The van der Waals surface area contributed by atoms with Crippen molar-refractivity contribution >= 4 is 23.5 Å². The van der Waals surface area contributed by atoms with Crippen molar-refractivity contribution in [3.8, 4) is 11.1 Å². The number of benzene rings is 1. The summed E-state index contributed by atoms with van der Waals surface area (Å²) in [5.41, 5.74) is 6.16. The van der Waals surface area contributed by atoms with Gasteiger partial charge in [0.05, 0.1) is 10.6 Å². The lowest BCUT2D eigenvalue weighted by Gasteiger charge is -2.07. The van der Waals surface area contributed by atoms with E-state index in [1.807, 2.05) is 0 Å². The minimum absolute atomic E-state index is 0.0970. The van der Waals surface area contributed by atoms with Crippen LogP contribution in [-0.2, 0) is 0 Å². The van der Waals surface area contributed by atoms with Gasteiger partial charge in [-0.3, -0.25) is 4.79 Å². The number of nitrogens with zero attached hydrogens (tertiary/aromatic N) is 1. The van der Waals surface area contributed by atoms with Crippen LogP contribution in [0.1, 0.15) is 20.8 Å².